The summed E-state index contributed by atoms with van der Waals surface area (Å²) in [5.41, 5.74) is 1.07. The summed E-state index contributed by atoms with van der Waals surface area (Å²) in [6.45, 7) is 0. The van der Waals surface area contributed by atoms with Gasteiger partial charge < -0.3 is 0 Å². The predicted octanol–water partition coefficient (Wildman–Crippen LogP) is 4.36. The van der Waals surface area contributed by atoms with Gasteiger partial charge in [0.15, 0.2) is 5.78 Å². The number of benzene rings is 2. The van der Waals surface area contributed by atoms with Crippen LogP contribution in [0.1, 0.15) is 28.3 Å². The molecule has 0 fully saturated rings. The first-order valence-corrected chi connectivity index (χ1v) is 6.42. The van der Waals surface area contributed by atoms with Gasteiger partial charge in [0.25, 0.3) is 0 Å². The summed E-state index contributed by atoms with van der Waals surface area (Å²) < 4.78 is 13.1. The molecule has 0 N–H and O–H groups in total. The van der Waals surface area contributed by atoms with Gasteiger partial charge in [-0.15, -0.1) is 0 Å². The van der Waals surface area contributed by atoms with Crippen LogP contribution in [0.4, 0.5) is 4.39 Å². The van der Waals surface area contributed by atoms with Crippen LogP contribution >= 0.6 is 11.6 Å². The highest BCUT2D eigenvalue weighted by molar-refractivity contribution is 6.31. The second-order valence-electron chi connectivity index (χ2n) is 4.32. The van der Waals surface area contributed by atoms with E-state index >= 15 is 0 Å². The lowest BCUT2D eigenvalue weighted by molar-refractivity contribution is 0.0960. The molecule has 1 unspecified atom stereocenters. The average molecular weight is 288 g/mol. The Morgan fingerprint density at radius 3 is 2.55 bits per heavy atom. The summed E-state index contributed by atoms with van der Waals surface area (Å²) in [7, 11) is 0. The van der Waals surface area contributed by atoms with Gasteiger partial charge in [-0.05, 0) is 23.8 Å². The van der Waals surface area contributed by atoms with Crippen molar-refractivity contribution in [1.82, 2.24) is 0 Å². The first kappa shape index (κ1) is 14.2. The van der Waals surface area contributed by atoms with E-state index in [0.717, 1.165) is 11.6 Å². The number of ketones is 1. The first-order chi connectivity index (χ1) is 9.63. The molecule has 100 valence electrons. The third-order valence-electron chi connectivity index (χ3n) is 3.02. The largest absolute Gasteiger partial charge is 0.293 e. The minimum absolute atomic E-state index is 0.0673. The Balaban J connectivity index is 2.37. The van der Waals surface area contributed by atoms with Crippen LogP contribution in [0.2, 0.25) is 5.02 Å². The molecule has 2 aromatic carbocycles. The van der Waals surface area contributed by atoms with E-state index in [9.17, 15) is 9.18 Å². The van der Waals surface area contributed by atoms with Crippen molar-refractivity contribution >= 4 is 17.4 Å². The van der Waals surface area contributed by atoms with Crippen LogP contribution < -0.4 is 0 Å². The van der Waals surface area contributed by atoms with Crippen molar-refractivity contribution in [2.24, 2.45) is 0 Å². The zero-order valence-corrected chi connectivity index (χ0v) is 11.3. The molecule has 0 aliphatic heterocycles. The molecule has 4 heteroatoms. The molecule has 2 nitrogen and oxygen atoms in total. The lowest BCUT2D eigenvalue weighted by Gasteiger charge is -2.13. The van der Waals surface area contributed by atoms with E-state index in [4.69, 9.17) is 16.9 Å². The second-order valence-corrected chi connectivity index (χ2v) is 4.73. The van der Waals surface area contributed by atoms with Gasteiger partial charge in [-0.2, -0.15) is 5.26 Å². The van der Waals surface area contributed by atoms with E-state index in [1.165, 1.54) is 12.1 Å². The Morgan fingerprint density at radius 2 is 1.95 bits per heavy atom. The van der Waals surface area contributed by atoms with Gasteiger partial charge in [-0.25, -0.2) is 4.39 Å². The second kappa shape index (κ2) is 6.31. The fourth-order valence-electron chi connectivity index (χ4n) is 1.99. The molecule has 2 aromatic rings. The van der Waals surface area contributed by atoms with Crippen molar-refractivity contribution in [1.29, 1.82) is 5.26 Å². The minimum Gasteiger partial charge on any atom is -0.293 e. The SMILES string of the molecule is N#CCC(C(=O)c1ccc(F)c(Cl)c1)c1ccccc1. The summed E-state index contributed by atoms with van der Waals surface area (Å²) in [4.78, 5) is 12.5. The van der Waals surface area contributed by atoms with Crippen molar-refractivity contribution in [2.45, 2.75) is 12.3 Å². The predicted molar refractivity (Wildman–Crippen MR) is 75.2 cm³/mol. The Kier molecular flexibility index (Phi) is 4.49. The average Bonchev–Trinajstić information content (AvgIpc) is 2.48. The van der Waals surface area contributed by atoms with Crippen LogP contribution in [-0.2, 0) is 0 Å². The minimum atomic E-state index is -0.570. The quantitative estimate of drug-likeness (QED) is 0.784. The summed E-state index contributed by atoms with van der Waals surface area (Å²) in [5, 5.41) is 8.81. The molecule has 2 rings (SSSR count). The number of hydrogen-bond donors (Lipinski definition) is 0. The van der Waals surface area contributed by atoms with Crippen molar-refractivity contribution in [2.75, 3.05) is 0 Å². The topological polar surface area (TPSA) is 40.9 Å². The normalized spacial score (nSPS) is 11.7. The monoisotopic (exact) mass is 287 g/mol. The van der Waals surface area contributed by atoms with Gasteiger partial charge in [0.1, 0.15) is 5.82 Å². The third-order valence-corrected chi connectivity index (χ3v) is 3.31. The Bertz CT molecular complexity index is 664. The molecule has 1 atom stereocenters. The maximum absolute atomic E-state index is 13.1. The summed E-state index contributed by atoms with van der Waals surface area (Å²) in [6.07, 6.45) is 0.0673. The highest BCUT2D eigenvalue weighted by Gasteiger charge is 2.22. The molecule has 0 heterocycles. The van der Waals surface area contributed by atoms with Crippen molar-refractivity contribution in [3.05, 3.63) is 70.5 Å². The highest BCUT2D eigenvalue weighted by Crippen LogP contribution is 2.26. The number of nitrogens with zero attached hydrogens (tertiary/aromatic N) is 1. The van der Waals surface area contributed by atoms with Gasteiger partial charge in [-0.1, -0.05) is 41.9 Å². The van der Waals surface area contributed by atoms with E-state index in [0.29, 0.717) is 5.56 Å². The van der Waals surface area contributed by atoms with E-state index in [1.807, 2.05) is 24.3 Å². The number of nitriles is 1. The van der Waals surface area contributed by atoms with Gasteiger partial charge in [-0.3, -0.25) is 4.79 Å². The number of rotatable bonds is 4. The maximum atomic E-state index is 13.1. The number of carbonyl (C=O) groups is 1. The van der Waals surface area contributed by atoms with E-state index in [-0.39, 0.29) is 17.2 Å². The fourth-order valence-corrected chi connectivity index (χ4v) is 2.17. The fraction of sp³-hybridized carbons (Fsp3) is 0.125. The smallest absolute Gasteiger partial charge is 0.171 e. The Hall–Kier alpha value is -2.18. The molecule has 0 aromatic heterocycles. The molecule has 0 saturated heterocycles. The van der Waals surface area contributed by atoms with Crippen molar-refractivity contribution in [3.8, 4) is 6.07 Å². The number of hydrogen-bond acceptors (Lipinski definition) is 2. The maximum Gasteiger partial charge on any atom is 0.171 e. The number of Topliss-reactive ketones (excluding diaryl/α,β-unsaturated/α-hetero) is 1. The van der Waals surface area contributed by atoms with E-state index < -0.39 is 11.7 Å². The molecule has 0 bridgehead atoms. The van der Waals surface area contributed by atoms with Gasteiger partial charge in [0.2, 0.25) is 0 Å². The summed E-state index contributed by atoms with van der Waals surface area (Å²) in [5.74, 6) is -1.37. The zero-order valence-electron chi connectivity index (χ0n) is 10.5. The Morgan fingerprint density at radius 1 is 1.25 bits per heavy atom. The summed E-state index contributed by atoms with van der Waals surface area (Å²) in [6, 6.07) is 14.9. The molecular formula is C16H11ClFNO. The third kappa shape index (κ3) is 3.04. The number of carbonyl (C=O) groups excluding carboxylic acids is 1. The molecular weight excluding hydrogens is 277 g/mol. The zero-order chi connectivity index (χ0) is 14.5. The molecule has 0 aliphatic carbocycles. The molecule has 0 amide bonds. The molecule has 20 heavy (non-hydrogen) atoms. The molecule has 0 aliphatic rings. The van der Waals surface area contributed by atoms with Crippen molar-refractivity contribution in [3.63, 3.8) is 0 Å². The van der Waals surface area contributed by atoms with Crippen LogP contribution in [0.15, 0.2) is 48.5 Å². The first-order valence-electron chi connectivity index (χ1n) is 6.04. The number of halogens is 2. The molecule has 0 spiro atoms. The standard InChI is InChI=1S/C16H11ClFNO/c17-14-10-12(6-7-15(14)18)16(20)13(8-9-19)11-4-2-1-3-5-11/h1-7,10,13H,8H2. The lowest BCUT2D eigenvalue weighted by Crippen LogP contribution is -2.12. The van der Waals surface area contributed by atoms with Crippen LogP contribution in [0.5, 0.6) is 0 Å². The van der Waals surface area contributed by atoms with Crippen LogP contribution in [0.3, 0.4) is 0 Å². The van der Waals surface area contributed by atoms with Crippen LogP contribution in [-0.4, -0.2) is 5.78 Å². The van der Waals surface area contributed by atoms with Gasteiger partial charge >= 0.3 is 0 Å². The van der Waals surface area contributed by atoms with E-state index in [2.05, 4.69) is 0 Å². The molecule has 0 saturated carbocycles. The van der Waals surface area contributed by atoms with Crippen LogP contribution in [0, 0.1) is 17.1 Å². The Labute approximate surface area is 121 Å². The van der Waals surface area contributed by atoms with Gasteiger partial charge in [0, 0.05) is 12.0 Å². The van der Waals surface area contributed by atoms with Crippen molar-refractivity contribution < 1.29 is 9.18 Å². The summed E-state index contributed by atoms with van der Waals surface area (Å²) >= 11 is 5.69. The van der Waals surface area contributed by atoms with Gasteiger partial charge in [0.05, 0.1) is 17.0 Å². The highest BCUT2D eigenvalue weighted by atomic mass is 35.5. The van der Waals surface area contributed by atoms with Crippen LogP contribution in [0.25, 0.3) is 0 Å². The lowest BCUT2D eigenvalue weighted by atomic mass is 9.88. The van der Waals surface area contributed by atoms with E-state index in [1.54, 1.807) is 12.1 Å². The molecule has 0 radical (unpaired) electrons.